The molecule has 2 aromatic heterocycles. The highest BCUT2D eigenvalue weighted by atomic mass is 79.9. The third-order valence-corrected chi connectivity index (χ3v) is 35.6. The molecule has 22 aromatic rings. The molecule has 665 valence electrons. The molecule has 11 heteroatoms. The summed E-state index contributed by atoms with van der Waals surface area (Å²) in [6, 6.07) is 179. The summed E-state index contributed by atoms with van der Waals surface area (Å²) in [6.07, 6.45) is 0. The molecule has 1 aliphatic heterocycles. The summed E-state index contributed by atoms with van der Waals surface area (Å²) in [5, 5.41) is 9.85. The van der Waals surface area contributed by atoms with Crippen molar-refractivity contribution in [2.75, 3.05) is 0 Å². The smallest absolute Gasteiger partial charge is 0.399 e. The molecule has 0 bridgehead atoms. The zero-order valence-corrected chi connectivity index (χ0v) is 80.8. The van der Waals surface area contributed by atoms with Crippen LogP contribution in [0.25, 0.3) is 111 Å². The van der Waals surface area contributed by atoms with Crippen molar-refractivity contribution in [3.63, 3.8) is 0 Å². The Kier molecular flexibility index (Phi) is 23.4. The number of halogens is 1. The standard InChI is InChI=1S/C61H42NOP.C49H42BO3P.C18H12BrN.B/c63-64(48-26-12-4-13-27-48,49-28-14-5-15-29-49)50-37-34-43(35-38-50)53-41-55-51-30-16-18-32-57(51)61(45-20-6-1-7-21-45,46-22-8-2-9-23-46)58(55)42-54(53)44-36-39-60-56(40-44)52-31-17-19-33-59(52)62(60)47-24-10-3-11-25-47;1-47(2)48(3,4)53-50(52-47)46-34-45-43(41-27-17-18-28-44(41)49(45,36-19-9-5-10-20-36)37-21-11-6-12-22-37)33-42(46)35-29-31-40(32-30-35)54(51,38-23-13-7-14-24-38)39-25-15-8-16-26-39;19-13-10-11-18-16(12-13)15-8-4-5-9-17(15)20(18)14-6-2-1-3-7-14;/h1-42H;5-34H,1-4H3;1-12H;. The second kappa shape index (κ2) is 36.5. The van der Waals surface area contributed by atoms with Gasteiger partial charge in [0.25, 0.3) is 0 Å². The summed E-state index contributed by atoms with van der Waals surface area (Å²) in [7, 11) is -6.93. The van der Waals surface area contributed by atoms with Gasteiger partial charge in [0.1, 0.15) is 0 Å². The molecule has 25 rings (SSSR count). The first kappa shape index (κ1) is 89.2. The first-order valence-corrected chi connectivity index (χ1v) is 51.5. The normalized spacial score (nSPS) is 13.9. The largest absolute Gasteiger partial charge is 0.495 e. The summed E-state index contributed by atoms with van der Waals surface area (Å²) in [5.41, 5.74) is 27.1. The Balaban J connectivity index is 0.000000134. The molecule has 20 aromatic carbocycles. The summed E-state index contributed by atoms with van der Waals surface area (Å²) in [5.74, 6) is 0. The van der Waals surface area contributed by atoms with E-state index in [1.54, 1.807) is 0 Å². The predicted octanol–water partition coefficient (Wildman–Crippen LogP) is 28.9. The summed E-state index contributed by atoms with van der Waals surface area (Å²) >= 11 is 3.57. The van der Waals surface area contributed by atoms with Crippen molar-refractivity contribution in [3.05, 3.63) is 559 Å². The fourth-order valence-electron chi connectivity index (χ4n) is 21.8. The molecule has 139 heavy (non-hydrogen) atoms. The minimum absolute atomic E-state index is 0. The highest BCUT2D eigenvalue weighted by Crippen LogP contribution is 2.61. The molecule has 0 unspecified atom stereocenters. The third-order valence-electron chi connectivity index (χ3n) is 28.9. The number of nitrogens with zero attached hydrogens (tertiary/aromatic N) is 2. The maximum absolute atomic E-state index is 15.5. The number of rotatable bonds is 16. The van der Waals surface area contributed by atoms with Crippen LogP contribution in [0, 0.1) is 0 Å². The fraction of sp³-hybridized carbons (Fsp3) is 0.0625. The van der Waals surface area contributed by atoms with E-state index in [4.69, 9.17) is 9.31 Å². The SMILES string of the molecule is Brc1ccc2c(c1)c1ccccc1n2-c1ccccc1.CC1(C)OB(c2cc3c(cc2-c2ccc(P(=O)(c4ccccc4)c4ccccc4)cc2)-c2ccccc2C3(c2ccccc2)c2ccccc2)OC1(C)C.O=P(c1ccccc1)(c1ccccc1)c1ccc(-c2cc3c(cc2-c2ccc4c(c2)c2ccccc2n4-c2ccccc2)C(c2ccccc2)(c2ccccc2)c2ccccc2-3)cc1.[B]. The fourth-order valence-corrected chi connectivity index (χ4v) is 27.5. The van der Waals surface area contributed by atoms with E-state index in [1.165, 1.54) is 111 Å². The quantitative estimate of drug-likeness (QED) is 0.0714. The highest BCUT2D eigenvalue weighted by Gasteiger charge is 2.55. The molecule has 0 spiro atoms. The highest BCUT2D eigenvalue weighted by molar-refractivity contribution is 9.10. The van der Waals surface area contributed by atoms with E-state index in [1.807, 2.05) is 140 Å². The van der Waals surface area contributed by atoms with Gasteiger partial charge in [-0.15, -0.1) is 0 Å². The van der Waals surface area contributed by atoms with E-state index >= 15 is 9.13 Å². The molecule has 0 N–H and O–H groups in total. The minimum atomic E-state index is -3.18. The van der Waals surface area contributed by atoms with Crippen LogP contribution < -0.4 is 37.3 Å². The molecular weight excluding hydrogens is 1790 g/mol. The maximum atomic E-state index is 15.5. The van der Waals surface area contributed by atoms with E-state index in [9.17, 15) is 0 Å². The van der Waals surface area contributed by atoms with E-state index in [0.29, 0.717) is 0 Å². The van der Waals surface area contributed by atoms with Gasteiger partial charge in [-0.25, -0.2) is 0 Å². The Morgan fingerprint density at radius 1 is 0.237 bits per heavy atom. The second-order valence-corrected chi connectivity index (χ2v) is 43.4. The Hall–Kier alpha value is -15.0. The molecule has 0 atom stereocenters. The monoisotopic (exact) mass is 1890 g/mol. The predicted molar refractivity (Wildman–Crippen MR) is 587 cm³/mol. The number of benzene rings is 20. The Morgan fingerprint density at radius 3 is 0.921 bits per heavy atom. The molecule has 3 heterocycles. The molecule has 2 aliphatic carbocycles. The van der Waals surface area contributed by atoms with Crippen LogP contribution >= 0.6 is 30.2 Å². The van der Waals surface area contributed by atoms with Crippen molar-refractivity contribution in [3.8, 4) is 67.0 Å². The van der Waals surface area contributed by atoms with Crippen LogP contribution in [-0.4, -0.2) is 35.9 Å². The van der Waals surface area contributed by atoms with Gasteiger partial charge in [0.05, 0.1) is 44.1 Å². The topological polar surface area (TPSA) is 62.5 Å². The summed E-state index contributed by atoms with van der Waals surface area (Å²) in [6.45, 7) is 8.42. The van der Waals surface area contributed by atoms with Gasteiger partial charge < -0.3 is 27.6 Å². The summed E-state index contributed by atoms with van der Waals surface area (Å²) < 4.78 is 50.3. The second-order valence-electron chi connectivity index (χ2n) is 37.0. The van der Waals surface area contributed by atoms with Crippen LogP contribution in [0.1, 0.15) is 72.2 Å². The number of para-hydroxylation sites is 4. The van der Waals surface area contributed by atoms with Gasteiger partial charge in [-0.2, -0.15) is 0 Å². The molecule has 1 saturated heterocycles. The van der Waals surface area contributed by atoms with Crippen LogP contribution in [0.15, 0.2) is 514 Å². The maximum Gasteiger partial charge on any atom is 0.495 e. The van der Waals surface area contributed by atoms with Crippen molar-refractivity contribution in [1.82, 2.24) is 9.13 Å². The number of hydrogen-bond donors (Lipinski definition) is 0. The van der Waals surface area contributed by atoms with Crippen molar-refractivity contribution in [2.24, 2.45) is 0 Å². The van der Waals surface area contributed by atoms with Crippen LogP contribution in [0.5, 0.6) is 0 Å². The molecule has 3 radical (unpaired) electrons. The average Bonchev–Trinajstić information content (AvgIpc) is 1.55. The van der Waals surface area contributed by atoms with Gasteiger partial charge in [-0.1, -0.05) is 441 Å². The molecule has 3 aliphatic rings. The van der Waals surface area contributed by atoms with E-state index in [0.717, 1.165) is 86.3 Å². The molecular formula is C128H96B2BrN2O4P2. The molecule has 0 saturated carbocycles. The zero-order valence-electron chi connectivity index (χ0n) is 77.5. The van der Waals surface area contributed by atoms with Crippen LogP contribution in [0.2, 0.25) is 0 Å². The Morgan fingerprint density at radius 2 is 0.525 bits per heavy atom. The van der Waals surface area contributed by atoms with Gasteiger partial charge in [-0.3, -0.25) is 0 Å². The lowest BCUT2D eigenvalue weighted by Gasteiger charge is -2.34. The van der Waals surface area contributed by atoms with Crippen LogP contribution in [0.3, 0.4) is 0 Å². The van der Waals surface area contributed by atoms with Crippen LogP contribution in [-0.2, 0) is 29.3 Å². The van der Waals surface area contributed by atoms with Crippen LogP contribution in [0.4, 0.5) is 0 Å². The first-order chi connectivity index (χ1) is 67.6. The third kappa shape index (κ3) is 15.0. The van der Waals surface area contributed by atoms with Gasteiger partial charge in [0.15, 0.2) is 14.3 Å². The molecule has 0 amide bonds. The van der Waals surface area contributed by atoms with E-state index < -0.39 is 43.4 Å². The molecule has 1 fully saturated rings. The van der Waals surface area contributed by atoms with Gasteiger partial charge in [0.2, 0.25) is 0 Å². The van der Waals surface area contributed by atoms with Crippen molar-refractivity contribution in [2.45, 2.75) is 49.7 Å². The van der Waals surface area contributed by atoms with Gasteiger partial charge in [-0.05, 0) is 218 Å². The van der Waals surface area contributed by atoms with Gasteiger partial charge in [0, 0.05) is 77.6 Å². The Labute approximate surface area is 823 Å². The Bertz CT molecular complexity index is 8250. The van der Waals surface area contributed by atoms with Crippen molar-refractivity contribution < 1.29 is 18.4 Å². The van der Waals surface area contributed by atoms with E-state index in [2.05, 4.69) is 423 Å². The lowest BCUT2D eigenvalue weighted by atomic mass is 9.65. The van der Waals surface area contributed by atoms with Crippen molar-refractivity contribution >= 4 is 127 Å². The zero-order chi connectivity index (χ0) is 93.3. The van der Waals surface area contributed by atoms with E-state index in [-0.39, 0.29) is 8.41 Å². The minimum Gasteiger partial charge on any atom is -0.399 e. The number of fused-ring (bicyclic) bond motifs is 12. The number of hydrogen-bond acceptors (Lipinski definition) is 4. The lowest BCUT2D eigenvalue weighted by molar-refractivity contribution is 0.00578. The number of aromatic nitrogens is 2. The van der Waals surface area contributed by atoms with Crippen molar-refractivity contribution in [1.29, 1.82) is 0 Å². The first-order valence-electron chi connectivity index (χ1n) is 47.3. The lowest BCUT2D eigenvalue weighted by Crippen LogP contribution is -2.41. The molecule has 6 nitrogen and oxygen atoms in total. The van der Waals surface area contributed by atoms with Gasteiger partial charge >= 0.3 is 7.12 Å². The average molecular weight is 1890 g/mol. The summed E-state index contributed by atoms with van der Waals surface area (Å²) in [4.78, 5) is 0.